The Balaban J connectivity index is 0.00000120. The van der Waals surface area contributed by atoms with Crippen LogP contribution in [0.4, 0.5) is 0 Å². The maximum absolute atomic E-state index is 12.2. The number of carbonyl (C=O) groups is 1. The summed E-state index contributed by atoms with van der Waals surface area (Å²) in [6.45, 7) is 2.80. The Hall–Kier alpha value is -0.580. The van der Waals surface area contributed by atoms with Crippen LogP contribution in [0.15, 0.2) is 11.4 Å². The number of nitrogens with one attached hydrogen (secondary N) is 1. The molecular weight excluding hydrogens is 268 g/mol. The smallest absolute Gasteiger partial charge is 0.224 e. The summed E-state index contributed by atoms with van der Waals surface area (Å²) in [7, 11) is 0. The first-order valence-electron chi connectivity index (χ1n) is 6.39. The second-order valence-corrected chi connectivity index (χ2v) is 5.93. The maximum atomic E-state index is 12.2. The lowest BCUT2D eigenvalue weighted by atomic mass is 10.1. The number of amides is 1. The summed E-state index contributed by atoms with van der Waals surface area (Å²) in [4.78, 5) is 15.7. The standard InChI is InChI=1S/C13H18N2OS.ClH/c16-13(8-11-2-1-5-14-11)15-6-3-12-10(9-15)4-7-17-12;/h4,7,11,14H,1-3,5-6,8-9H2;1H. The summed E-state index contributed by atoms with van der Waals surface area (Å²) in [5.74, 6) is 0.321. The molecule has 2 aliphatic rings. The fourth-order valence-corrected chi connectivity index (χ4v) is 3.62. The minimum atomic E-state index is 0. The van der Waals surface area contributed by atoms with Gasteiger partial charge >= 0.3 is 0 Å². The monoisotopic (exact) mass is 286 g/mol. The Labute approximate surface area is 118 Å². The molecule has 18 heavy (non-hydrogen) atoms. The van der Waals surface area contributed by atoms with Crippen LogP contribution in [0.5, 0.6) is 0 Å². The van der Waals surface area contributed by atoms with Gasteiger partial charge in [0.05, 0.1) is 0 Å². The molecule has 0 aromatic carbocycles. The van der Waals surface area contributed by atoms with Crippen molar-refractivity contribution in [3.05, 3.63) is 21.9 Å². The highest BCUT2D eigenvalue weighted by atomic mass is 35.5. The van der Waals surface area contributed by atoms with E-state index < -0.39 is 0 Å². The van der Waals surface area contributed by atoms with Gasteiger partial charge in [-0.15, -0.1) is 23.7 Å². The molecular formula is C13H19ClN2OS. The van der Waals surface area contributed by atoms with Crippen LogP contribution in [0.3, 0.4) is 0 Å². The van der Waals surface area contributed by atoms with E-state index in [1.165, 1.54) is 16.9 Å². The molecule has 0 aliphatic carbocycles. The summed E-state index contributed by atoms with van der Waals surface area (Å²) in [6.07, 6.45) is 4.09. The number of carbonyl (C=O) groups excluding carboxylic acids is 1. The minimum Gasteiger partial charge on any atom is -0.338 e. The van der Waals surface area contributed by atoms with Crippen molar-refractivity contribution >= 4 is 29.7 Å². The molecule has 0 spiro atoms. The van der Waals surface area contributed by atoms with Crippen LogP contribution in [0.25, 0.3) is 0 Å². The first-order valence-corrected chi connectivity index (χ1v) is 7.27. The molecule has 1 N–H and O–H groups in total. The van der Waals surface area contributed by atoms with Crippen molar-refractivity contribution in [2.24, 2.45) is 0 Å². The van der Waals surface area contributed by atoms with Gasteiger partial charge in [-0.05, 0) is 42.8 Å². The van der Waals surface area contributed by atoms with Gasteiger partial charge in [0.2, 0.25) is 5.91 Å². The van der Waals surface area contributed by atoms with Crippen molar-refractivity contribution in [3.8, 4) is 0 Å². The highest BCUT2D eigenvalue weighted by Gasteiger charge is 2.24. The van der Waals surface area contributed by atoms with Crippen molar-refractivity contribution in [3.63, 3.8) is 0 Å². The van der Waals surface area contributed by atoms with Crippen molar-refractivity contribution in [1.82, 2.24) is 10.2 Å². The lowest BCUT2D eigenvalue weighted by molar-refractivity contribution is -0.132. The lowest BCUT2D eigenvalue weighted by Gasteiger charge is -2.28. The van der Waals surface area contributed by atoms with Crippen LogP contribution in [0, 0.1) is 0 Å². The quantitative estimate of drug-likeness (QED) is 0.904. The second-order valence-electron chi connectivity index (χ2n) is 4.93. The van der Waals surface area contributed by atoms with Crippen LogP contribution >= 0.6 is 23.7 Å². The number of rotatable bonds is 2. The largest absolute Gasteiger partial charge is 0.338 e. The molecule has 1 fully saturated rings. The molecule has 1 amide bonds. The zero-order valence-corrected chi connectivity index (χ0v) is 12.0. The Kier molecular flexibility index (Phi) is 4.65. The highest BCUT2D eigenvalue weighted by molar-refractivity contribution is 7.10. The molecule has 3 nitrogen and oxygen atoms in total. The van der Waals surface area contributed by atoms with E-state index in [1.54, 1.807) is 0 Å². The van der Waals surface area contributed by atoms with Crippen molar-refractivity contribution in [2.45, 2.75) is 38.3 Å². The van der Waals surface area contributed by atoms with Crippen LogP contribution in [0.2, 0.25) is 0 Å². The molecule has 0 bridgehead atoms. The van der Waals surface area contributed by atoms with E-state index >= 15 is 0 Å². The summed E-state index contributed by atoms with van der Waals surface area (Å²) in [5, 5.41) is 5.53. The van der Waals surface area contributed by atoms with Gasteiger partial charge in [-0.25, -0.2) is 0 Å². The normalized spacial score (nSPS) is 22.4. The Morgan fingerprint density at radius 1 is 1.56 bits per heavy atom. The number of fused-ring (bicyclic) bond motifs is 1. The van der Waals surface area contributed by atoms with Gasteiger partial charge in [-0.3, -0.25) is 4.79 Å². The molecule has 0 radical (unpaired) electrons. The molecule has 0 saturated carbocycles. The SMILES string of the molecule is Cl.O=C(CC1CCCN1)N1CCc2sccc2C1. The van der Waals surface area contributed by atoms with Gasteiger partial charge < -0.3 is 10.2 Å². The second kappa shape index (κ2) is 6.04. The van der Waals surface area contributed by atoms with Gasteiger partial charge in [-0.1, -0.05) is 0 Å². The van der Waals surface area contributed by atoms with Crippen LogP contribution in [-0.2, 0) is 17.8 Å². The average molecular weight is 287 g/mol. The number of thiophene rings is 1. The zero-order valence-electron chi connectivity index (χ0n) is 10.4. The van der Waals surface area contributed by atoms with Crippen LogP contribution in [-0.4, -0.2) is 29.9 Å². The Morgan fingerprint density at radius 3 is 3.22 bits per heavy atom. The molecule has 3 rings (SSSR count). The molecule has 1 unspecified atom stereocenters. The molecule has 1 aromatic rings. The third kappa shape index (κ3) is 2.87. The van der Waals surface area contributed by atoms with E-state index in [1.807, 2.05) is 16.2 Å². The van der Waals surface area contributed by atoms with Crippen LogP contribution in [0.1, 0.15) is 29.7 Å². The molecule has 2 aliphatic heterocycles. The van der Waals surface area contributed by atoms with Crippen LogP contribution < -0.4 is 5.32 Å². The van der Waals surface area contributed by atoms with E-state index in [9.17, 15) is 4.79 Å². The zero-order chi connectivity index (χ0) is 11.7. The molecule has 5 heteroatoms. The average Bonchev–Trinajstić information content (AvgIpc) is 2.97. The number of hydrogen-bond donors (Lipinski definition) is 1. The summed E-state index contributed by atoms with van der Waals surface area (Å²) in [6, 6.07) is 2.58. The van der Waals surface area contributed by atoms with Gasteiger partial charge in [0.25, 0.3) is 0 Å². The molecule has 100 valence electrons. The molecule has 3 heterocycles. The number of halogens is 1. The minimum absolute atomic E-state index is 0. The van der Waals surface area contributed by atoms with Crippen molar-refractivity contribution < 1.29 is 4.79 Å². The van der Waals surface area contributed by atoms with E-state index in [0.717, 1.165) is 32.5 Å². The fraction of sp³-hybridized carbons (Fsp3) is 0.615. The van der Waals surface area contributed by atoms with Crippen molar-refractivity contribution in [2.75, 3.05) is 13.1 Å². The third-order valence-corrected chi connectivity index (χ3v) is 4.77. The van der Waals surface area contributed by atoms with Gasteiger partial charge in [-0.2, -0.15) is 0 Å². The Morgan fingerprint density at radius 2 is 2.44 bits per heavy atom. The van der Waals surface area contributed by atoms with Crippen molar-refractivity contribution in [1.29, 1.82) is 0 Å². The predicted molar refractivity (Wildman–Crippen MR) is 76.3 cm³/mol. The molecule has 1 saturated heterocycles. The highest BCUT2D eigenvalue weighted by Crippen LogP contribution is 2.24. The summed E-state index contributed by atoms with van der Waals surface area (Å²) < 4.78 is 0. The fourth-order valence-electron chi connectivity index (χ4n) is 2.73. The third-order valence-electron chi connectivity index (χ3n) is 3.74. The van der Waals surface area contributed by atoms with Gasteiger partial charge in [0, 0.05) is 30.4 Å². The maximum Gasteiger partial charge on any atom is 0.224 e. The summed E-state index contributed by atoms with van der Waals surface area (Å²) in [5.41, 5.74) is 1.36. The van der Waals surface area contributed by atoms with Gasteiger partial charge in [0.1, 0.15) is 0 Å². The van der Waals surface area contributed by atoms with E-state index in [2.05, 4.69) is 16.8 Å². The topological polar surface area (TPSA) is 32.3 Å². The molecule has 1 aromatic heterocycles. The first-order chi connectivity index (χ1) is 8.33. The van der Waals surface area contributed by atoms with E-state index in [0.29, 0.717) is 18.4 Å². The predicted octanol–water partition coefficient (Wildman–Crippen LogP) is 2.20. The first kappa shape index (κ1) is 13.8. The lowest BCUT2D eigenvalue weighted by Crippen LogP contribution is -2.38. The Bertz CT molecular complexity index is 415. The van der Waals surface area contributed by atoms with E-state index in [-0.39, 0.29) is 12.4 Å². The molecule has 1 atom stereocenters. The number of hydrogen-bond acceptors (Lipinski definition) is 3. The van der Waals surface area contributed by atoms with Gasteiger partial charge in [0.15, 0.2) is 0 Å². The number of nitrogens with zero attached hydrogens (tertiary/aromatic N) is 1. The van der Waals surface area contributed by atoms with E-state index in [4.69, 9.17) is 0 Å². The summed E-state index contributed by atoms with van der Waals surface area (Å²) >= 11 is 1.82.